The molecule has 2 N–H and O–H groups in total. The molecule has 0 bridgehead atoms. The van der Waals surface area contributed by atoms with Crippen LogP contribution in [0.5, 0.6) is 5.75 Å². The first-order chi connectivity index (χ1) is 17.9. The molecule has 4 nitrogen and oxygen atoms in total. The van der Waals surface area contributed by atoms with Gasteiger partial charge < -0.3 is 15.2 Å². The first kappa shape index (κ1) is 27.6. The molecular weight excluding hydrogens is 501 g/mol. The number of hydrogen-bond donors (Lipinski definition) is 2. The summed E-state index contributed by atoms with van der Waals surface area (Å²) in [7, 11) is 0. The zero-order valence-electron chi connectivity index (χ0n) is 21.6. The van der Waals surface area contributed by atoms with Gasteiger partial charge in [-0.15, -0.1) is 12.4 Å². The summed E-state index contributed by atoms with van der Waals surface area (Å²) in [6.07, 6.45) is 2.77. The first-order valence-corrected chi connectivity index (χ1v) is 12.9. The third kappa shape index (κ3) is 5.69. The predicted octanol–water partition coefficient (Wildman–Crippen LogP) is 7.82. The minimum absolute atomic E-state index is 0. The second-order valence-electron chi connectivity index (χ2n) is 9.94. The van der Waals surface area contributed by atoms with E-state index in [9.17, 15) is 14.3 Å². The molecule has 198 valence electrons. The van der Waals surface area contributed by atoms with Gasteiger partial charge in [-0.2, -0.15) is 0 Å². The van der Waals surface area contributed by atoms with Gasteiger partial charge in [-0.1, -0.05) is 54.6 Å². The molecule has 0 aromatic heterocycles. The van der Waals surface area contributed by atoms with Crippen molar-refractivity contribution < 1.29 is 19.0 Å². The molecular formula is C32H33ClFNO3. The van der Waals surface area contributed by atoms with Crippen LogP contribution in [0.4, 0.5) is 4.39 Å². The summed E-state index contributed by atoms with van der Waals surface area (Å²) in [4.78, 5) is 11.4. The van der Waals surface area contributed by atoms with Gasteiger partial charge in [0.2, 0.25) is 0 Å². The van der Waals surface area contributed by atoms with Crippen molar-refractivity contribution in [1.82, 2.24) is 5.32 Å². The molecule has 4 aromatic carbocycles. The smallest absolute Gasteiger partial charge is 0.335 e. The number of aromatic carboxylic acids is 1. The number of nitrogens with one attached hydrogen (secondary N) is 1. The number of aryl methyl sites for hydroxylation is 1. The maximum absolute atomic E-state index is 14.2. The van der Waals surface area contributed by atoms with Crippen LogP contribution in [0.3, 0.4) is 0 Å². The maximum atomic E-state index is 14.2. The zero-order valence-corrected chi connectivity index (χ0v) is 22.4. The zero-order chi connectivity index (χ0) is 25.9. The summed E-state index contributed by atoms with van der Waals surface area (Å²) in [5.41, 5.74) is 4.70. The number of para-hydroxylation sites is 1. The molecule has 0 spiro atoms. The van der Waals surface area contributed by atoms with E-state index in [0.29, 0.717) is 10.9 Å². The van der Waals surface area contributed by atoms with Gasteiger partial charge in [0.1, 0.15) is 11.6 Å². The summed E-state index contributed by atoms with van der Waals surface area (Å²) in [6, 6.07) is 24.7. The molecule has 1 heterocycles. The monoisotopic (exact) mass is 533 g/mol. The van der Waals surface area contributed by atoms with Gasteiger partial charge in [-0.25, -0.2) is 9.18 Å². The molecule has 2 unspecified atom stereocenters. The quantitative estimate of drug-likeness (QED) is 0.227. The third-order valence-electron chi connectivity index (χ3n) is 7.50. The topological polar surface area (TPSA) is 58.6 Å². The van der Waals surface area contributed by atoms with Crippen LogP contribution in [0.15, 0.2) is 78.9 Å². The summed E-state index contributed by atoms with van der Waals surface area (Å²) in [6.45, 7) is 4.93. The Hall–Kier alpha value is -3.41. The van der Waals surface area contributed by atoms with Crippen LogP contribution >= 0.6 is 12.4 Å². The molecule has 0 amide bonds. The molecule has 1 aliphatic heterocycles. The fourth-order valence-corrected chi connectivity index (χ4v) is 5.59. The normalized spacial score (nSPS) is 17.2. The Bertz CT molecular complexity index is 1440. The molecule has 38 heavy (non-hydrogen) atoms. The summed E-state index contributed by atoms with van der Waals surface area (Å²) >= 11 is 0. The number of hydrogen-bond acceptors (Lipinski definition) is 3. The number of benzene rings is 4. The Kier molecular flexibility index (Phi) is 8.70. The lowest BCUT2D eigenvalue weighted by molar-refractivity contribution is 0.0696. The minimum Gasteiger partial charge on any atom is -0.490 e. The summed E-state index contributed by atoms with van der Waals surface area (Å²) < 4.78 is 20.6. The molecule has 6 heteroatoms. The number of fused-ring (bicyclic) bond motifs is 2. The largest absolute Gasteiger partial charge is 0.490 e. The highest BCUT2D eigenvalue weighted by Gasteiger charge is 2.30. The van der Waals surface area contributed by atoms with E-state index in [-0.39, 0.29) is 36.3 Å². The van der Waals surface area contributed by atoms with Gasteiger partial charge in [-0.3, -0.25) is 0 Å². The van der Waals surface area contributed by atoms with E-state index in [4.69, 9.17) is 4.74 Å². The molecule has 0 saturated carbocycles. The van der Waals surface area contributed by atoms with Gasteiger partial charge in [0.25, 0.3) is 0 Å². The molecule has 0 saturated heterocycles. The van der Waals surface area contributed by atoms with Crippen LogP contribution in [0, 0.1) is 12.7 Å². The molecule has 0 fully saturated rings. The van der Waals surface area contributed by atoms with Crippen molar-refractivity contribution >= 4 is 29.1 Å². The number of carboxylic acid groups (broad SMARTS) is 1. The highest BCUT2D eigenvalue weighted by atomic mass is 35.5. The lowest BCUT2D eigenvalue weighted by Crippen LogP contribution is -2.28. The SMILES string of the molecule is Cc1cc(C(=O)O)ccc1C1CC(CCCN[C@H](C)c2ccc(F)c3ccccc23)Oc2ccccc21.Cl. The molecule has 5 rings (SSSR count). The second kappa shape index (κ2) is 12.0. The predicted molar refractivity (Wildman–Crippen MR) is 152 cm³/mol. The molecule has 0 radical (unpaired) electrons. The van der Waals surface area contributed by atoms with Crippen LogP contribution in [0.1, 0.15) is 70.8 Å². The Labute approximate surface area is 229 Å². The van der Waals surface area contributed by atoms with E-state index in [0.717, 1.165) is 59.2 Å². The standard InChI is InChI=1S/C32H32FNO3.ClH/c1-20-18-22(32(35)36)13-14-24(20)29-19-23(37-31-12-6-5-11-28(29)31)8-7-17-34-21(2)25-15-16-30(33)27-10-4-3-9-26(25)27;/h3-6,9-16,18,21,23,29,34H,7-8,17,19H2,1-2H3,(H,35,36);1H/t21-,23?,29?;/m1./s1. The number of ether oxygens (including phenoxy) is 1. The summed E-state index contributed by atoms with van der Waals surface area (Å²) in [5, 5.41) is 14.6. The molecule has 4 aromatic rings. The van der Waals surface area contributed by atoms with Crippen LogP contribution in [-0.4, -0.2) is 23.7 Å². The van der Waals surface area contributed by atoms with Gasteiger partial charge >= 0.3 is 5.97 Å². The lowest BCUT2D eigenvalue weighted by atomic mass is 9.81. The second-order valence-corrected chi connectivity index (χ2v) is 9.94. The molecule has 3 atom stereocenters. The maximum Gasteiger partial charge on any atom is 0.335 e. The highest BCUT2D eigenvalue weighted by Crippen LogP contribution is 2.42. The molecule has 0 aliphatic carbocycles. The Balaban J connectivity index is 0.00000336. The minimum atomic E-state index is -0.907. The van der Waals surface area contributed by atoms with Gasteiger partial charge in [0.05, 0.1) is 11.7 Å². The number of carboxylic acids is 1. The Morgan fingerprint density at radius 3 is 2.53 bits per heavy atom. The number of carbonyl (C=O) groups is 1. The average Bonchev–Trinajstić information content (AvgIpc) is 2.91. The van der Waals surface area contributed by atoms with E-state index in [2.05, 4.69) is 18.3 Å². The van der Waals surface area contributed by atoms with Crippen molar-refractivity contribution in [3.8, 4) is 5.75 Å². The fourth-order valence-electron chi connectivity index (χ4n) is 5.59. The van der Waals surface area contributed by atoms with Crippen molar-refractivity contribution in [2.45, 2.75) is 51.2 Å². The van der Waals surface area contributed by atoms with Gasteiger partial charge in [0.15, 0.2) is 0 Å². The third-order valence-corrected chi connectivity index (χ3v) is 7.50. The lowest BCUT2D eigenvalue weighted by Gasteiger charge is -2.33. The van der Waals surface area contributed by atoms with E-state index >= 15 is 0 Å². The summed E-state index contributed by atoms with van der Waals surface area (Å²) in [5.74, 6) is -0.0289. The molecule has 1 aliphatic rings. The first-order valence-electron chi connectivity index (χ1n) is 12.9. The van der Waals surface area contributed by atoms with E-state index in [1.54, 1.807) is 18.2 Å². The van der Waals surface area contributed by atoms with Crippen molar-refractivity contribution in [3.63, 3.8) is 0 Å². The van der Waals surface area contributed by atoms with Crippen LogP contribution in [0.25, 0.3) is 10.8 Å². The fraction of sp³-hybridized carbons (Fsp3) is 0.281. The average molecular weight is 534 g/mol. The van der Waals surface area contributed by atoms with Crippen molar-refractivity contribution in [2.24, 2.45) is 0 Å². The van der Waals surface area contributed by atoms with E-state index < -0.39 is 5.97 Å². The van der Waals surface area contributed by atoms with Crippen molar-refractivity contribution in [1.29, 1.82) is 0 Å². The van der Waals surface area contributed by atoms with Crippen molar-refractivity contribution in [3.05, 3.63) is 112 Å². The number of rotatable bonds is 8. The van der Waals surface area contributed by atoms with E-state index in [1.807, 2.05) is 61.5 Å². The Morgan fingerprint density at radius 2 is 1.76 bits per heavy atom. The van der Waals surface area contributed by atoms with E-state index in [1.165, 1.54) is 0 Å². The number of halogens is 2. The van der Waals surface area contributed by atoms with Gasteiger partial charge in [-0.05, 0) is 86.0 Å². The van der Waals surface area contributed by atoms with Crippen LogP contribution in [0.2, 0.25) is 0 Å². The highest BCUT2D eigenvalue weighted by molar-refractivity contribution is 5.88. The van der Waals surface area contributed by atoms with Crippen molar-refractivity contribution in [2.75, 3.05) is 6.54 Å². The van der Waals surface area contributed by atoms with Gasteiger partial charge in [0, 0.05) is 22.9 Å². The van der Waals surface area contributed by atoms with Crippen LogP contribution in [-0.2, 0) is 0 Å². The Morgan fingerprint density at radius 1 is 1.03 bits per heavy atom. The van der Waals surface area contributed by atoms with Crippen LogP contribution < -0.4 is 10.1 Å².